The Hall–Kier alpha value is -2.04. The van der Waals surface area contributed by atoms with Crippen molar-refractivity contribution < 1.29 is 14.3 Å². The highest BCUT2D eigenvalue weighted by Crippen LogP contribution is 2.32. The number of hydrogen-bond acceptors (Lipinski definition) is 4. The number of nitrogens with one attached hydrogen (secondary N) is 1. The van der Waals surface area contributed by atoms with E-state index in [4.69, 9.17) is 4.74 Å². The summed E-state index contributed by atoms with van der Waals surface area (Å²) in [6.07, 6.45) is 1.50. The minimum absolute atomic E-state index is 0.0356. The number of carbonyl (C=O) groups is 2. The topological polar surface area (TPSA) is 58.6 Å². The maximum absolute atomic E-state index is 12.7. The van der Waals surface area contributed by atoms with Crippen molar-refractivity contribution in [2.75, 3.05) is 23.4 Å². The molecule has 1 aliphatic rings. The van der Waals surface area contributed by atoms with Gasteiger partial charge in [0.25, 0.3) is 0 Å². The van der Waals surface area contributed by atoms with Crippen LogP contribution in [0.1, 0.15) is 33.6 Å². The number of para-hydroxylation sites is 2. The molecule has 1 amide bonds. The van der Waals surface area contributed by atoms with Crippen molar-refractivity contribution in [3.05, 3.63) is 24.3 Å². The summed E-state index contributed by atoms with van der Waals surface area (Å²) in [4.78, 5) is 26.1. The first-order chi connectivity index (χ1) is 10.5. The highest BCUT2D eigenvalue weighted by atomic mass is 16.5. The largest absolute Gasteiger partial charge is 0.464 e. The smallest absolute Gasteiger partial charge is 0.326 e. The third kappa shape index (κ3) is 3.78. The van der Waals surface area contributed by atoms with Gasteiger partial charge in [-0.25, -0.2) is 0 Å². The highest BCUT2D eigenvalue weighted by molar-refractivity contribution is 6.07. The van der Waals surface area contributed by atoms with Gasteiger partial charge in [-0.1, -0.05) is 32.9 Å². The first-order valence-electron chi connectivity index (χ1n) is 7.85. The van der Waals surface area contributed by atoms with Gasteiger partial charge in [-0.3, -0.25) is 14.5 Å². The van der Waals surface area contributed by atoms with Crippen molar-refractivity contribution >= 4 is 23.3 Å². The van der Waals surface area contributed by atoms with Crippen LogP contribution in [0, 0.1) is 5.92 Å². The summed E-state index contributed by atoms with van der Waals surface area (Å²) in [5.41, 5.74) is 1.62. The lowest BCUT2D eigenvalue weighted by atomic mass is 9.99. The molecule has 0 bridgehead atoms. The van der Waals surface area contributed by atoms with Gasteiger partial charge < -0.3 is 10.1 Å². The van der Waals surface area contributed by atoms with E-state index in [0.29, 0.717) is 12.5 Å². The number of benzene rings is 1. The van der Waals surface area contributed by atoms with Gasteiger partial charge in [-0.15, -0.1) is 0 Å². The molecule has 5 nitrogen and oxygen atoms in total. The molecular weight excluding hydrogens is 280 g/mol. The molecule has 0 aromatic heterocycles. The average Bonchev–Trinajstić information content (AvgIpc) is 2.48. The van der Waals surface area contributed by atoms with Gasteiger partial charge >= 0.3 is 5.97 Å². The molecule has 22 heavy (non-hydrogen) atoms. The van der Waals surface area contributed by atoms with E-state index in [1.54, 1.807) is 0 Å². The summed E-state index contributed by atoms with van der Waals surface area (Å²) >= 11 is 0. The lowest BCUT2D eigenvalue weighted by Crippen LogP contribution is -2.49. The first-order valence-corrected chi connectivity index (χ1v) is 7.85. The molecule has 1 heterocycles. The molecule has 1 aromatic rings. The Morgan fingerprint density at radius 2 is 2.09 bits per heavy atom. The van der Waals surface area contributed by atoms with Gasteiger partial charge in [0, 0.05) is 0 Å². The fourth-order valence-electron chi connectivity index (χ4n) is 2.57. The Morgan fingerprint density at radius 3 is 2.77 bits per heavy atom. The summed E-state index contributed by atoms with van der Waals surface area (Å²) in [5.74, 6) is -0.0448. The van der Waals surface area contributed by atoms with Crippen LogP contribution in [-0.4, -0.2) is 31.1 Å². The lowest BCUT2D eigenvalue weighted by Gasteiger charge is -2.35. The van der Waals surface area contributed by atoms with E-state index >= 15 is 0 Å². The second-order valence-electron chi connectivity index (χ2n) is 5.99. The van der Waals surface area contributed by atoms with Crippen LogP contribution in [0.5, 0.6) is 0 Å². The highest BCUT2D eigenvalue weighted by Gasteiger charge is 2.33. The van der Waals surface area contributed by atoms with Crippen LogP contribution in [0.15, 0.2) is 24.3 Å². The summed E-state index contributed by atoms with van der Waals surface area (Å²) < 4.78 is 5.12. The van der Waals surface area contributed by atoms with Gasteiger partial charge in [0.1, 0.15) is 12.6 Å². The molecule has 0 spiro atoms. The van der Waals surface area contributed by atoms with Gasteiger partial charge in [0.2, 0.25) is 5.91 Å². The van der Waals surface area contributed by atoms with Crippen LogP contribution in [0.2, 0.25) is 0 Å². The monoisotopic (exact) mass is 304 g/mol. The second-order valence-corrected chi connectivity index (χ2v) is 5.99. The quantitative estimate of drug-likeness (QED) is 0.821. The first kappa shape index (κ1) is 16.3. The van der Waals surface area contributed by atoms with Crippen LogP contribution in [0.3, 0.4) is 0 Å². The molecular formula is C17H24N2O3. The number of rotatable bonds is 6. The summed E-state index contributed by atoms with van der Waals surface area (Å²) in [6.45, 7) is 6.45. The molecule has 0 saturated carbocycles. The summed E-state index contributed by atoms with van der Waals surface area (Å²) in [7, 11) is 0. The van der Waals surface area contributed by atoms with Crippen molar-refractivity contribution in [2.45, 2.75) is 39.7 Å². The molecule has 1 aromatic carbocycles. The molecule has 1 unspecified atom stereocenters. The Bertz CT molecular complexity index is 542. The van der Waals surface area contributed by atoms with Crippen LogP contribution in [-0.2, 0) is 14.3 Å². The zero-order valence-corrected chi connectivity index (χ0v) is 13.5. The third-order valence-corrected chi connectivity index (χ3v) is 3.55. The molecule has 5 heteroatoms. The summed E-state index contributed by atoms with van der Waals surface area (Å²) in [6, 6.07) is 7.26. The number of fused-ring (bicyclic) bond motifs is 1. The van der Waals surface area contributed by atoms with Crippen molar-refractivity contribution in [3.63, 3.8) is 0 Å². The van der Waals surface area contributed by atoms with E-state index in [9.17, 15) is 9.59 Å². The third-order valence-electron chi connectivity index (χ3n) is 3.55. The zero-order valence-electron chi connectivity index (χ0n) is 13.5. The molecule has 0 saturated heterocycles. The Kier molecular flexibility index (Phi) is 5.41. The predicted molar refractivity (Wildman–Crippen MR) is 86.9 cm³/mol. The Morgan fingerprint density at radius 1 is 1.36 bits per heavy atom. The predicted octanol–water partition coefficient (Wildman–Crippen LogP) is 2.81. The van der Waals surface area contributed by atoms with Crippen LogP contribution >= 0.6 is 0 Å². The van der Waals surface area contributed by atoms with Gasteiger partial charge in [0.15, 0.2) is 0 Å². The number of amides is 1. The lowest BCUT2D eigenvalue weighted by molar-refractivity contribution is -0.143. The number of nitrogens with zero attached hydrogens (tertiary/aromatic N) is 1. The number of ether oxygens (including phenoxy) is 1. The molecule has 1 aliphatic heterocycles. The number of anilines is 2. The Balaban J connectivity index is 2.21. The molecule has 0 radical (unpaired) electrons. The van der Waals surface area contributed by atoms with Gasteiger partial charge in [0.05, 0.1) is 18.0 Å². The molecule has 1 N–H and O–H groups in total. The Labute approximate surface area is 131 Å². The van der Waals surface area contributed by atoms with E-state index in [-0.39, 0.29) is 24.5 Å². The fourth-order valence-corrected chi connectivity index (χ4v) is 2.57. The molecule has 1 atom stereocenters. The normalized spacial score (nSPS) is 17.2. The minimum Gasteiger partial charge on any atom is -0.464 e. The number of hydrogen-bond donors (Lipinski definition) is 1. The molecule has 0 aliphatic carbocycles. The van der Waals surface area contributed by atoms with E-state index in [2.05, 4.69) is 19.2 Å². The van der Waals surface area contributed by atoms with E-state index in [1.807, 2.05) is 31.2 Å². The van der Waals surface area contributed by atoms with E-state index in [0.717, 1.165) is 24.2 Å². The van der Waals surface area contributed by atoms with Crippen molar-refractivity contribution in [3.8, 4) is 0 Å². The number of esters is 1. The molecule has 120 valence electrons. The maximum Gasteiger partial charge on any atom is 0.326 e. The average molecular weight is 304 g/mol. The van der Waals surface area contributed by atoms with E-state index < -0.39 is 0 Å². The fraction of sp³-hybridized carbons (Fsp3) is 0.529. The minimum atomic E-state index is -0.366. The van der Waals surface area contributed by atoms with Crippen LogP contribution in [0.25, 0.3) is 0 Å². The van der Waals surface area contributed by atoms with Crippen LogP contribution < -0.4 is 10.2 Å². The maximum atomic E-state index is 12.7. The van der Waals surface area contributed by atoms with Gasteiger partial charge in [-0.2, -0.15) is 0 Å². The zero-order chi connectivity index (χ0) is 16.1. The second kappa shape index (κ2) is 7.29. The molecule has 0 fully saturated rings. The van der Waals surface area contributed by atoms with Crippen LogP contribution in [0.4, 0.5) is 11.4 Å². The van der Waals surface area contributed by atoms with E-state index in [1.165, 1.54) is 4.90 Å². The van der Waals surface area contributed by atoms with Crippen molar-refractivity contribution in [2.24, 2.45) is 5.92 Å². The number of carbonyl (C=O) groups excluding carboxylic acids is 2. The van der Waals surface area contributed by atoms with Gasteiger partial charge in [-0.05, 0) is 30.9 Å². The van der Waals surface area contributed by atoms with Crippen molar-refractivity contribution in [1.82, 2.24) is 0 Å². The standard InChI is InChI=1S/C17H24N2O3/c1-4-9-22-16(20)11-19-15-8-6-5-7-13(15)18-14(17(19)21)10-12(2)3/h5-8,12,14,18H,4,9-11H2,1-3H3. The van der Waals surface area contributed by atoms with Crippen molar-refractivity contribution in [1.29, 1.82) is 0 Å². The SMILES string of the molecule is CCCOC(=O)CN1C(=O)C(CC(C)C)Nc2ccccc21. The molecule has 2 rings (SSSR count). The summed E-state index contributed by atoms with van der Waals surface area (Å²) in [5, 5.41) is 3.28.